The van der Waals surface area contributed by atoms with Crippen molar-refractivity contribution in [3.63, 3.8) is 0 Å². The maximum Gasteiger partial charge on any atom is 0.331 e. The normalized spacial score (nSPS) is 17.2. The van der Waals surface area contributed by atoms with Crippen molar-refractivity contribution in [2.75, 3.05) is 0 Å². The summed E-state index contributed by atoms with van der Waals surface area (Å²) in [7, 11) is 0. The molecule has 0 unspecified atom stereocenters. The second-order valence-electron chi connectivity index (χ2n) is 4.37. The molecule has 0 heterocycles. The molecule has 1 aromatic carbocycles. The van der Waals surface area contributed by atoms with Gasteiger partial charge < -0.3 is 4.74 Å². The van der Waals surface area contributed by atoms with Crippen LogP contribution in [0.5, 0.6) is 5.75 Å². The average Bonchev–Trinajstić information content (AvgIpc) is 2.82. The van der Waals surface area contributed by atoms with E-state index in [1.165, 1.54) is 12.1 Å². The lowest BCUT2D eigenvalue weighted by Crippen LogP contribution is -2.30. The Hall–Kier alpha value is -1.24. The number of nitriles is 1. The van der Waals surface area contributed by atoms with Crippen molar-refractivity contribution in [2.24, 2.45) is 5.41 Å². The number of rotatable bonds is 2. The van der Waals surface area contributed by atoms with Crippen molar-refractivity contribution in [3.8, 4) is 11.8 Å². The van der Waals surface area contributed by atoms with E-state index < -0.39 is 11.4 Å². The van der Waals surface area contributed by atoms with E-state index in [1.54, 1.807) is 6.07 Å². The third-order valence-electron chi connectivity index (χ3n) is 3.16. The molecule has 1 aliphatic carbocycles. The highest BCUT2D eigenvalue weighted by atomic mass is 35.5. The summed E-state index contributed by atoms with van der Waals surface area (Å²) in [6.45, 7) is 0. The molecule has 1 aromatic rings. The van der Waals surface area contributed by atoms with Crippen LogP contribution in [0.2, 0.25) is 10.0 Å². The summed E-state index contributed by atoms with van der Waals surface area (Å²) in [6.07, 6.45) is 2.84. The monoisotopic (exact) mass is 283 g/mol. The predicted molar refractivity (Wildman–Crippen MR) is 68.6 cm³/mol. The van der Waals surface area contributed by atoms with Gasteiger partial charge in [-0.2, -0.15) is 5.26 Å². The lowest BCUT2D eigenvalue weighted by Gasteiger charge is -2.18. The maximum absolute atomic E-state index is 12.1. The largest absolute Gasteiger partial charge is 0.424 e. The van der Waals surface area contributed by atoms with E-state index in [4.69, 9.17) is 27.9 Å². The van der Waals surface area contributed by atoms with E-state index in [1.807, 2.05) is 0 Å². The van der Waals surface area contributed by atoms with Crippen LogP contribution in [-0.4, -0.2) is 5.97 Å². The highest BCUT2D eigenvalue weighted by molar-refractivity contribution is 6.35. The zero-order chi connectivity index (χ0) is 13.2. The molecule has 0 bridgehead atoms. The van der Waals surface area contributed by atoms with Crippen molar-refractivity contribution in [2.45, 2.75) is 25.7 Å². The zero-order valence-electron chi connectivity index (χ0n) is 9.58. The second kappa shape index (κ2) is 5.17. The van der Waals surface area contributed by atoms with Crippen LogP contribution in [0.15, 0.2) is 18.2 Å². The standard InChI is InChI=1S/C13H11Cl2NO2/c14-9-3-4-11(10(15)7-9)18-12(17)13(8-16)5-1-2-6-13/h3-4,7H,1-2,5-6H2. The lowest BCUT2D eigenvalue weighted by molar-refractivity contribution is -0.142. The fourth-order valence-corrected chi connectivity index (χ4v) is 2.54. The Morgan fingerprint density at radius 2 is 2.00 bits per heavy atom. The van der Waals surface area contributed by atoms with Crippen molar-refractivity contribution < 1.29 is 9.53 Å². The summed E-state index contributed by atoms with van der Waals surface area (Å²) in [6, 6.07) is 6.70. The number of esters is 1. The lowest BCUT2D eigenvalue weighted by atomic mass is 9.88. The molecule has 0 aromatic heterocycles. The van der Waals surface area contributed by atoms with E-state index >= 15 is 0 Å². The van der Waals surface area contributed by atoms with Gasteiger partial charge in [0.25, 0.3) is 0 Å². The molecular weight excluding hydrogens is 273 g/mol. The summed E-state index contributed by atoms with van der Waals surface area (Å²) >= 11 is 11.7. The van der Waals surface area contributed by atoms with Gasteiger partial charge in [-0.15, -0.1) is 0 Å². The number of carbonyl (C=O) groups is 1. The van der Waals surface area contributed by atoms with Crippen LogP contribution in [-0.2, 0) is 4.79 Å². The van der Waals surface area contributed by atoms with Crippen LogP contribution in [0.4, 0.5) is 0 Å². The number of ether oxygens (including phenoxy) is 1. The number of carbonyl (C=O) groups excluding carboxylic acids is 1. The third kappa shape index (κ3) is 2.45. The van der Waals surface area contributed by atoms with Gasteiger partial charge in [0.2, 0.25) is 0 Å². The summed E-state index contributed by atoms with van der Waals surface area (Å²) in [4.78, 5) is 12.1. The SMILES string of the molecule is N#CC1(C(=O)Oc2ccc(Cl)cc2Cl)CCCC1. The minimum atomic E-state index is -1.01. The molecule has 1 saturated carbocycles. The van der Waals surface area contributed by atoms with Crippen LogP contribution in [0.25, 0.3) is 0 Å². The van der Waals surface area contributed by atoms with Crippen LogP contribution in [0.1, 0.15) is 25.7 Å². The molecule has 0 atom stereocenters. The molecule has 18 heavy (non-hydrogen) atoms. The number of benzene rings is 1. The van der Waals surface area contributed by atoms with Gasteiger partial charge in [-0.05, 0) is 31.0 Å². The maximum atomic E-state index is 12.1. The second-order valence-corrected chi connectivity index (χ2v) is 5.21. The van der Waals surface area contributed by atoms with E-state index in [9.17, 15) is 10.1 Å². The Bertz CT molecular complexity index is 516. The first-order chi connectivity index (χ1) is 8.57. The Balaban J connectivity index is 2.19. The molecule has 94 valence electrons. The molecule has 2 rings (SSSR count). The number of hydrogen-bond donors (Lipinski definition) is 0. The van der Waals surface area contributed by atoms with Gasteiger partial charge in [0.05, 0.1) is 11.1 Å². The quantitative estimate of drug-likeness (QED) is 0.609. The van der Waals surface area contributed by atoms with Crippen LogP contribution >= 0.6 is 23.2 Å². The summed E-state index contributed by atoms with van der Waals surface area (Å²) < 4.78 is 5.23. The van der Waals surface area contributed by atoms with E-state index in [2.05, 4.69) is 6.07 Å². The molecule has 0 radical (unpaired) electrons. The smallest absolute Gasteiger partial charge is 0.331 e. The highest BCUT2D eigenvalue weighted by Gasteiger charge is 2.43. The van der Waals surface area contributed by atoms with Gasteiger partial charge in [-0.25, -0.2) is 4.79 Å². The van der Waals surface area contributed by atoms with E-state index in [0.717, 1.165) is 12.8 Å². The molecular formula is C13H11Cl2NO2. The Labute approximate surface area is 115 Å². The number of halogens is 2. The van der Waals surface area contributed by atoms with Crippen LogP contribution in [0, 0.1) is 16.7 Å². The first-order valence-corrected chi connectivity index (χ1v) is 6.42. The van der Waals surface area contributed by atoms with Gasteiger partial charge >= 0.3 is 5.97 Å². The van der Waals surface area contributed by atoms with Gasteiger partial charge in [-0.3, -0.25) is 0 Å². The fraction of sp³-hybridized carbons (Fsp3) is 0.385. The van der Waals surface area contributed by atoms with Gasteiger partial charge in [0.1, 0.15) is 5.75 Å². The van der Waals surface area contributed by atoms with Crippen LogP contribution in [0.3, 0.4) is 0 Å². The number of nitrogens with zero attached hydrogens (tertiary/aromatic N) is 1. The molecule has 0 aliphatic heterocycles. The number of hydrogen-bond acceptors (Lipinski definition) is 3. The predicted octanol–water partition coefficient (Wildman–Crippen LogP) is 3.98. The molecule has 5 heteroatoms. The molecule has 0 N–H and O–H groups in total. The minimum absolute atomic E-state index is 0.243. The van der Waals surface area contributed by atoms with E-state index in [-0.39, 0.29) is 10.8 Å². The zero-order valence-corrected chi connectivity index (χ0v) is 11.1. The summed E-state index contributed by atoms with van der Waals surface area (Å²) in [5.74, 6) is -0.278. The molecule has 0 spiro atoms. The third-order valence-corrected chi connectivity index (χ3v) is 3.69. The highest BCUT2D eigenvalue weighted by Crippen LogP contribution is 2.39. The Morgan fingerprint density at radius 3 is 2.56 bits per heavy atom. The van der Waals surface area contributed by atoms with Crippen molar-refractivity contribution >= 4 is 29.2 Å². The Morgan fingerprint density at radius 1 is 1.33 bits per heavy atom. The summed E-state index contributed by atoms with van der Waals surface area (Å²) in [5.41, 5.74) is -1.01. The van der Waals surface area contributed by atoms with Gasteiger partial charge in [0, 0.05) is 5.02 Å². The van der Waals surface area contributed by atoms with Gasteiger partial charge in [-0.1, -0.05) is 36.0 Å². The first kappa shape index (κ1) is 13.2. The fourth-order valence-electron chi connectivity index (χ4n) is 2.10. The molecule has 1 aliphatic rings. The summed E-state index contributed by atoms with van der Waals surface area (Å²) in [5, 5.41) is 9.91. The average molecular weight is 284 g/mol. The van der Waals surface area contributed by atoms with Crippen molar-refractivity contribution in [3.05, 3.63) is 28.2 Å². The molecule has 3 nitrogen and oxygen atoms in total. The van der Waals surface area contributed by atoms with Gasteiger partial charge in [0.15, 0.2) is 5.41 Å². The Kier molecular flexibility index (Phi) is 3.79. The minimum Gasteiger partial charge on any atom is -0.424 e. The van der Waals surface area contributed by atoms with Crippen LogP contribution < -0.4 is 4.74 Å². The first-order valence-electron chi connectivity index (χ1n) is 5.66. The van der Waals surface area contributed by atoms with Crippen molar-refractivity contribution in [1.29, 1.82) is 5.26 Å². The van der Waals surface area contributed by atoms with Crippen molar-refractivity contribution in [1.82, 2.24) is 0 Å². The molecule has 0 saturated heterocycles. The topological polar surface area (TPSA) is 50.1 Å². The molecule has 0 amide bonds. The molecule has 1 fully saturated rings. The van der Waals surface area contributed by atoms with E-state index in [0.29, 0.717) is 17.9 Å².